The minimum absolute atomic E-state index is 0.0729. The van der Waals surface area contributed by atoms with E-state index in [1.54, 1.807) is 24.3 Å². The number of rotatable bonds is 10. The van der Waals surface area contributed by atoms with Crippen LogP contribution in [0.1, 0.15) is 31.7 Å². The van der Waals surface area contributed by atoms with Crippen molar-refractivity contribution in [2.24, 2.45) is 0 Å². The molecule has 0 fully saturated rings. The number of amides is 2. The first-order chi connectivity index (χ1) is 14.2. The molecule has 1 aromatic carbocycles. The zero-order valence-corrected chi connectivity index (χ0v) is 16.2. The number of carboxylic acids is 2. The van der Waals surface area contributed by atoms with Crippen LogP contribution in [0.2, 0.25) is 0 Å². The molecule has 0 aliphatic rings. The first-order valence-corrected chi connectivity index (χ1v) is 8.89. The first-order valence-electron chi connectivity index (χ1n) is 8.89. The van der Waals surface area contributed by atoms with E-state index in [2.05, 4.69) is 20.8 Å². The van der Waals surface area contributed by atoms with Gasteiger partial charge in [0.25, 0.3) is 5.89 Å². The molecule has 1 heterocycles. The van der Waals surface area contributed by atoms with E-state index in [-0.39, 0.29) is 24.6 Å². The number of carbonyl (C=O) groups is 3. The number of aliphatic hydroxyl groups is 1. The van der Waals surface area contributed by atoms with Crippen molar-refractivity contribution in [1.82, 2.24) is 20.8 Å². The summed E-state index contributed by atoms with van der Waals surface area (Å²) in [5, 5.41) is 39.8. The SMILES string of the molecule is COc1ccccc1-c1nnc([C@H](CCC(=O)O)NC(=O)NC(C(=O)O)C(C)O)o1. The van der Waals surface area contributed by atoms with E-state index in [0.29, 0.717) is 11.3 Å². The number of carbonyl (C=O) groups excluding carboxylic acids is 1. The van der Waals surface area contributed by atoms with Gasteiger partial charge in [-0.2, -0.15) is 0 Å². The zero-order valence-electron chi connectivity index (χ0n) is 16.2. The molecular formula is C18H22N4O8. The number of aliphatic hydroxyl groups excluding tert-OH is 1. The molecule has 5 N–H and O–H groups in total. The van der Waals surface area contributed by atoms with Crippen LogP contribution in [0, 0.1) is 0 Å². The van der Waals surface area contributed by atoms with Crippen molar-refractivity contribution in [3.8, 4) is 17.2 Å². The van der Waals surface area contributed by atoms with Gasteiger partial charge in [-0.15, -0.1) is 10.2 Å². The van der Waals surface area contributed by atoms with E-state index in [0.717, 1.165) is 0 Å². The third kappa shape index (κ3) is 5.91. The monoisotopic (exact) mass is 422 g/mol. The Labute approximate surface area is 170 Å². The molecule has 2 rings (SSSR count). The number of carboxylic acid groups (broad SMARTS) is 2. The third-order valence-corrected chi connectivity index (χ3v) is 4.06. The molecule has 0 bridgehead atoms. The summed E-state index contributed by atoms with van der Waals surface area (Å²) in [7, 11) is 1.47. The van der Waals surface area contributed by atoms with Crippen molar-refractivity contribution in [1.29, 1.82) is 0 Å². The summed E-state index contributed by atoms with van der Waals surface area (Å²) in [5.41, 5.74) is 0.500. The van der Waals surface area contributed by atoms with E-state index in [1.807, 2.05) is 0 Å². The number of urea groups is 1. The van der Waals surface area contributed by atoms with Crippen molar-refractivity contribution in [3.63, 3.8) is 0 Å². The number of nitrogens with zero attached hydrogens (tertiary/aromatic N) is 2. The molecule has 2 amide bonds. The Kier molecular flexibility index (Phi) is 7.69. The molecule has 2 unspecified atom stereocenters. The molecule has 0 saturated heterocycles. The van der Waals surface area contributed by atoms with E-state index < -0.39 is 36.2 Å². The number of hydrogen-bond donors (Lipinski definition) is 5. The highest BCUT2D eigenvalue weighted by Gasteiger charge is 2.28. The van der Waals surface area contributed by atoms with Gasteiger partial charge in [0.1, 0.15) is 11.8 Å². The third-order valence-electron chi connectivity index (χ3n) is 4.06. The lowest BCUT2D eigenvalue weighted by Gasteiger charge is -2.20. The van der Waals surface area contributed by atoms with Gasteiger partial charge in [0.05, 0.1) is 18.8 Å². The maximum absolute atomic E-state index is 12.2. The first kappa shape index (κ1) is 22.6. The topological polar surface area (TPSA) is 184 Å². The van der Waals surface area contributed by atoms with Gasteiger partial charge in [0.2, 0.25) is 5.89 Å². The standard InChI is InChI=1S/C18H22N4O8/c1-9(23)14(17(26)27)20-18(28)19-11(7-8-13(24)25)16-22-21-15(30-16)10-5-3-4-6-12(10)29-2/h3-6,9,11,14,23H,7-8H2,1-2H3,(H,24,25)(H,26,27)(H2,19,20,28)/t9?,11-,14?/m0/s1. The number of para-hydroxylation sites is 1. The second-order valence-electron chi connectivity index (χ2n) is 6.31. The minimum atomic E-state index is -1.56. The molecule has 0 aliphatic heterocycles. The Hall–Kier alpha value is -3.67. The number of aromatic nitrogens is 2. The fourth-order valence-corrected chi connectivity index (χ4v) is 2.56. The van der Waals surface area contributed by atoms with Crippen molar-refractivity contribution < 1.29 is 38.9 Å². The number of hydrogen-bond acceptors (Lipinski definition) is 8. The van der Waals surface area contributed by atoms with Crippen molar-refractivity contribution in [3.05, 3.63) is 30.2 Å². The predicted molar refractivity (Wildman–Crippen MR) is 101 cm³/mol. The van der Waals surface area contributed by atoms with Crippen molar-refractivity contribution >= 4 is 18.0 Å². The van der Waals surface area contributed by atoms with Gasteiger partial charge >= 0.3 is 18.0 Å². The van der Waals surface area contributed by atoms with Gasteiger partial charge in [-0.05, 0) is 25.5 Å². The zero-order chi connectivity index (χ0) is 22.3. The summed E-state index contributed by atoms with van der Waals surface area (Å²) >= 11 is 0. The molecular weight excluding hydrogens is 400 g/mol. The molecule has 0 spiro atoms. The lowest BCUT2D eigenvalue weighted by molar-refractivity contribution is -0.141. The van der Waals surface area contributed by atoms with Crippen LogP contribution in [0.5, 0.6) is 5.75 Å². The molecule has 1 aromatic heterocycles. The second-order valence-corrected chi connectivity index (χ2v) is 6.31. The van der Waals surface area contributed by atoms with Crippen LogP contribution >= 0.6 is 0 Å². The van der Waals surface area contributed by atoms with Crippen LogP contribution in [-0.2, 0) is 9.59 Å². The highest BCUT2D eigenvalue weighted by Crippen LogP contribution is 2.30. The summed E-state index contributed by atoms with van der Waals surface area (Å²) in [5.74, 6) is -2.05. The second kappa shape index (κ2) is 10.2. The van der Waals surface area contributed by atoms with E-state index >= 15 is 0 Å². The molecule has 0 saturated carbocycles. The number of nitrogens with one attached hydrogen (secondary N) is 2. The van der Waals surface area contributed by atoms with Crippen LogP contribution in [0.3, 0.4) is 0 Å². The molecule has 3 atom stereocenters. The summed E-state index contributed by atoms with van der Waals surface area (Å²) < 4.78 is 10.8. The van der Waals surface area contributed by atoms with Crippen LogP contribution < -0.4 is 15.4 Å². The van der Waals surface area contributed by atoms with E-state index in [4.69, 9.17) is 19.4 Å². The highest BCUT2D eigenvalue weighted by molar-refractivity contribution is 5.83. The van der Waals surface area contributed by atoms with E-state index in [1.165, 1.54) is 14.0 Å². The van der Waals surface area contributed by atoms with Gasteiger partial charge in [0.15, 0.2) is 6.04 Å². The Morgan fingerprint density at radius 1 is 1.17 bits per heavy atom. The average molecular weight is 422 g/mol. The van der Waals surface area contributed by atoms with Gasteiger partial charge in [-0.25, -0.2) is 9.59 Å². The van der Waals surface area contributed by atoms with Crippen LogP contribution in [0.4, 0.5) is 4.79 Å². The summed E-state index contributed by atoms with van der Waals surface area (Å²) in [6.45, 7) is 1.21. The molecule has 12 heteroatoms. The van der Waals surface area contributed by atoms with Crippen LogP contribution in [-0.4, -0.2) is 62.7 Å². The molecule has 0 radical (unpaired) electrons. The maximum atomic E-state index is 12.2. The van der Waals surface area contributed by atoms with Crippen LogP contribution in [0.25, 0.3) is 11.5 Å². The van der Waals surface area contributed by atoms with Crippen molar-refractivity contribution in [2.75, 3.05) is 7.11 Å². The van der Waals surface area contributed by atoms with Gasteiger partial charge < -0.3 is 35.1 Å². The predicted octanol–water partition coefficient (Wildman–Crippen LogP) is 0.784. The fraction of sp³-hybridized carbons (Fsp3) is 0.389. The lowest BCUT2D eigenvalue weighted by atomic mass is 10.1. The minimum Gasteiger partial charge on any atom is -0.496 e. The molecule has 2 aromatic rings. The Morgan fingerprint density at radius 3 is 2.47 bits per heavy atom. The molecule has 12 nitrogen and oxygen atoms in total. The maximum Gasteiger partial charge on any atom is 0.328 e. The largest absolute Gasteiger partial charge is 0.496 e. The van der Waals surface area contributed by atoms with Gasteiger partial charge in [0, 0.05) is 6.42 Å². The van der Waals surface area contributed by atoms with Crippen molar-refractivity contribution in [2.45, 2.75) is 38.0 Å². The number of benzene rings is 1. The van der Waals surface area contributed by atoms with Gasteiger partial charge in [-0.3, -0.25) is 4.79 Å². The molecule has 162 valence electrons. The summed E-state index contributed by atoms with van der Waals surface area (Å²) in [6.07, 6.45) is -1.77. The Balaban J connectivity index is 2.23. The number of aliphatic carboxylic acids is 2. The normalized spacial score (nSPS) is 13.7. The number of ether oxygens (including phenoxy) is 1. The number of methoxy groups -OCH3 is 1. The molecule has 30 heavy (non-hydrogen) atoms. The van der Waals surface area contributed by atoms with Gasteiger partial charge in [-0.1, -0.05) is 12.1 Å². The summed E-state index contributed by atoms with van der Waals surface area (Å²) in [4.78, 5) is 34.3. The van der Waals surface area contributed by atoms with E-state index in [9.17, 15) is 19.5 Å². The average Bonchev–Trinajstić information content (AvgIpc) is 3.18. The smallest absolute Gasteiger partial charge is 0.328 e. The van der Waals surface area contributed by atoms with Crippen LogP contribution in [0.15, 0.2) is 28.7 Å². The molecule has 0 aliphatic carbocycles. The highest BCUT2D eigenvalue weighted by atomic mass is 16.5. The fourth-order valence-electron chi connectivity index (χ4n) is 2.56. The lowest BCUT2D eigenvalue weighted by Crippen LogP contribution is -2.51. The Bertz CT molecular complexity index is 898. The summed E-state index contributed by atoms with van der Waals surface area (Å²) in [6, 6.07) is 3.34. The Morgan fingerprint density at radius 2 is 1.87 bits per heavy atom. The quantitative estimate of drug-likeness (QED) is 0.366.